The Hall–Kier alpha value is -1.39. The third-order valence-electron chi connectivity index (χ3n) is 2.57. The maximum Gasteiger partial charge on any atom is 0.174 e. The summed E-state index contributed by atoms with van der Waals surface area (Å²) in [6, 6.07) is 7.64. The lowest BCUT2D eigenvalue weighted by Gasteiger charge is -2.21. The first-order valence-corrected chi connectivity index (χ1v) is 6.47. The van der Waals surface area contributed by atoms with Crippen molar-refractivity contribution < 1.29 is 0 Å². The Kier molecular flexibility index (Phi) is 4.33. The second-order valence-electron chi connectivity index (χ2n) is 3.84. The Bertz CT molecular complexity index is 499. The van der Waals surface area contributed by atoms with Gasteiger partial charge in [-0.2, -0.15) is 0 Å². The van der Waals surface area contributed by atoms with Gasteiger partial charge in [0.15, 0.2) is 5.11 Å². The van der Waals surface area contributed by atoms with Gasteiger partial charge in [-0.25, -0.2) is 0 Å². The molecule has 0 saturated carbocycles. The Morgan fingerprint density at radius 2 is 2.44 bits per heavy atom. The van der Waals surface area contributed by atoms with Crippen molar-refractivity contribution >= 4 is 34.8 Å². The van der Waals surface area contributed by atoms with Gasteiger partial charge in [0.2, 0.25) is 0 Å². The van der Waals surface area contributed by atoms with Crippen molar-refractivity contribution in [1.82, 2.24) is 10.2 Å². The van der Waals surface area contributed by atoms with Gasteiger partial charge < -0.3 is 10.2 Å². The number of nitrogens with zero attached hydrogens (tertiary/aromatic N) is 2. The van der Waals surface area contributed by atoms with E-state index < -0.39 is 0 Å². The molecule has 1 aromatic carbocycles. The molecule has 94 valence electrons. The monoisotopic (exact) mass is 279 g/mol. The van der Waals surface area contributed by atoms with Crippen LogP contribution in [-0.2, 0) is 0 Å². The molecule has 0 spiro atoms. The predicted molar refractivity (Wildman–Crippen MR) is 80.4 cm³/mol. The molecule has 1 aromatic rings. The van der Waals surface area contributed by atoms with Crippen molar-refractivity contribution in [1.29, 1.82) is 0 Å². The lowest BCUT2D eigenvalue weighted by molar-refractivity contribution is 0.650. The van der Waals surface area contributed by atoms with E-state index in [2.05, 4.69) is 16.9 Å². The fourth-order valence-electron chi connectivity index (χ4n) is 1.77. The SMILES string of the molecule is C=CCNC(=S)N1CCN=C1c1cccc(Cl)c1. The van der Waals surface area contributed by atoms with Gasteiger partial charge in [0.05, 0.1) is 6.54 Å². The minimum absolute atomic E-state index is 0.651. The van der Waals surface area contributed by atoms with Crippen molar-refractivity contribution in [3.05, 3.63) is 47.5 Å². The summed E-state index contributed by atoms with van der Waals surface area (Å²) in [7, 11) is 0. The molecule has 0 radical (unpaired) electrons. The molecule has 1 aliphatic heterocycles. The summed E-state index contributed by atoms with van der Waals surface area (Å²) in [6.07, 6.45) is 1.78. The number of amidine groups is 1. The normalized spacial score (nSPS) is 14.3. The summed E-state index contributed by atoms with van der Waals surface area (Å²) in [5, 5.41) is 4.49. The Morgan fingerprint density at radius 1 is 1.61 bits per heavy atom. The van der Waals surface area contributed by atoms with Crippen LogP contribution in [0.4, 0.5) is 0 Å². The van der Waals surface area contributed by atoms with Crippen molar-refractivity contribution in [2.75, 3.05) is 19.6 Å². The Morgan fingerprint density at radius 3 is 3.17 bits per heavy atom. The largest absolute Gasteiger partial charge is 0.359 e. The van der Waals surface area contributed by atoms with Crippen LogP contribution in [0.1, 0.15) is 5.56 Å². The van der Waals surface area contributed by atoms with E-state index in [1.165, 1.54) is 0 Å². The lowest BCUT2D eigenvalue weighted by atomic mass is 10.2. The molecule has 3 nitrogen and oxygen atoms in total. The number of thiocarbonyl (C=S) groups is 1. The number of aliphatic imine (C=N–C) groups is 1. The van der Waals surface area contributed by atoms with Crippen molar-refractivity contribution in [3.8, 4) is 0 Å². The third kappa shape index (κ3) is 2.89. The van der Waals surface area contributed by atoms with E-state index in [4.69, 9.17) is 23.8 Å². The highest BCUT2D eigenvalue weighted by Crippen LogP contribution is 2.16. The highest BCUT2D eigenvalue weighted by atomic mass is 35.5. The minimum atomic E-state index is 0.651. The van der Waals surface area contributed by atoms with Gasteiger partial charge in [-0.05, 0) is 24.4 Å². The minimum Gasteiger partial charge on any atom is -0.359 e. The number of benzene rings is 1. The highest BCUT2D eigenvalue weighted by molar-refractivity contribution is 7.80. The van der Waals surface area contributed by atoms with E-state index in [1.807, 2.05) is 29.2 Å². The molecule has 0 bridgehead atoms. The van der Waals surface area contributed by atoms with Gasteiger partial charge in [-0.3, -0.25) is 4.99 Å². The van der Waals surface area contributed by atoms with Crippen LogP contribution in [0.25, 0.3) is 0 Å². The summed E-state index contributed by atoms with van der Waals surface area (Å²) in [6.45, 7) is 5.85. The van der Waals surface area contributed by atoms with Crippen LogP contribution >= 0.6 is 23.8 Å². The molecule has 5 heteroatoms. The number of nitrogens with one attached hydrogen (secondary N) is 1. The molecule has 18 heavy (non-hydrogen) atoms. The summed E-state index contributed by atoms with van der Waals surface area (Å²) in [5.74, 6) is 0.874. The number of rotatable bonds is 3. The van der Waals surface area contributed by atoms with Gasteiger partial charge in [-0.1, -0.05) is 29.8 Å². The Labute approximate surface area is 117 Å². The van der Waals surface area contributed by atoms with E-state index in [-0.39, 0.29) is 0 Å². The quantitative estimate of drug-likeness (QED) is 0.680. The van der Waals surface area contributed by atoms with E-state index in [9.17, 15) is 0 Å². The first-order chi connectivity index (χ1) is 8.72. The average Bonchev–Trinajstić information content (AvgIpc) is 2.85. The van der Waals surface area contributed by atoms with E-state index >= 15 is 0 Å². The zero-order chi connectivity index (χ0) is 13.0. The smallest absolute Gasteiger partial charge is 0.174 e. The van der Waals surface area contributed by atoms with Crippen LogP contribution in [0.5, 0.6) is 0 Å². The maximum absolute atomic E-state index is 6.00. The van der Waals surface area contributed by atoms with Gasteiger partial charge in [0, 0.05) is 23.7 Å². The number of halogens is 1. The second kappa shape index (κ2) is 5.98. The summed E-state index contributed by atoms with van der Waals surface area (Å²) >= 11 is 11.3. The highest BCUT2D eigenvalue weighted by Gasteiger charge is 2.21. The molecule has 0 fully saturated rings. The standard InChI is InChI=1S/C13H14ClN3S/c1-2-6-16-13(18)17-8-7-15-12(17)10-4-3-5-11(14)9-10/h2-5,9H,1,6-8H2,(H,16,18). The molecule has 2 rings (SSSR count). The predicted octanol–water partition coefficient (Wildman–Crippen LogP) is 2.46. The molecule has 0 amide bonds. The fourth-order valence-corrected chi connectivity index (χ4v) is 2.23. The molecular formula is C13H14ClN3S. The topological polar surface area (TPSA) is 27.6 Å². The summed E-state index contributed by atoms with van der Waals surface area (Å²) in [4.78, 5) is 6.48. The molecule has 0 aromatic heterocycles. The molecule has 0 aliphatic carbocycles. The van der Waals surface area contributed by atoms with Crippen molar-refractivity contribution in [2.45, 2.75) is 0 Å². The van der Waals surface area contributed by atoms with Crippen LogP contribution in [0.2, 0.25) is 5.02 Å². The van der Waals surface area contributed by atoms with Gasteiger partial charge >= 0.3 is 0 Å². The van der Waals surface area contributed by atoms with Crippen LogP contribution < -0.4 is 5.32 Å². The van der Waals surface area contributed by atoms with Crippen molar-refractivity contribution in [2.24, 2.45) is 4.99 Å². The average molecular weight is 280 g/mol. The molecule has 0 saturated heterocycles. The molecule has 0 atom stereocenters. The molecule has 0 unspecified atom stereocenters. The van der Waals surface area contributed by atoms with E-state index in [0.29, 0.717) is 16.7 Å². The lowest BCUT2D eigenvalue weighted by Crippen LogP contribution is -2.42. The number of hydrogen-bond donors (Lipinski definition) is 1. The maximum atomic E-state index is 6.00. The van der Waals surface area contributed by atoms with Gasteiger partial charge in [0.1, 0.15) is 5.84 Å². The van der Waals surface area contributed by atoms with Crippen LogP contribution in [0.3, 0.4) is 0 Å². The van der Waals surface area contributed by atoms with Gasteiger partial charge in [0.25, 0.3) is 0 Å². The first-order valence-electron chi connectivity index (χ1n) is 5.69. The first kappa shape index (κ1) is 13.1. The molecule has 1 aliphatic rings. The molecule has 1 N–H and O–H groups in total. The van der Waals surface area contributed by atoms with Crippen molar-refractivity contribution in [3.63, 3.8) is 0 Å². The van der Waals surface area contributed by atoms with E-state index in [1.54, 1.807) is 6.08 Å². The fraction of sp³-hybridized carbons (Fsp3) is 0.231. The van der Waals surface area contributed by atoms with Crippen LogP contribution in [0.15, 0.2) is 41.9 Å². The second-order valence-corrected chi connectivity index (χ2v) is 4.67. The van der Waals surface area contributed by atoms with Crippen LogP contribution in [0, 0.1) is 0 Å². The van der Waals surface area contributed by atoms with Gasteiger partial charge in [-0.15, -0.1) is 6.58 Å². The zero-order valence-corrected chi connectivity index (χ0v) is 11.5. The van der Waals surface area contributed by atoms with E-state index in [0.717, 1.165) is 24.5 Å². The molecular weight excluding hydrogens is 266 g/mol. The Balaban J connectivity index is 2.17. The zero-order valence-electron chi connectivity index (χ0n) is 9.90. The summed E-state index contributed by atoms with van der Waals surface area (Å²) < 4.78 is 0. The molecule has 1 heterocycles. The summed E-state index contributed by atoms with van der Waals surface area (Å²) in [5.41, 5.74) is 0.989. The van der Waals surface area contributed by atoms with Crippen LogP contribution in [-0.4, -0.2) is 35.5 Å². The number of hydrogen-bond acceptors (Lipinski definition) is 2. The third-order valence-corrected chi connectivity index (χ3v) is 3.17.